The molecule has 0 radical (unpaired) electrons. The summed E-state index contributed by atoms with van der Waals surface area (Å²) in [7, 11) is -4.64. The molecule has 14 heavy (non-hydrogen) atoms. The molecule has 0 bridgehead atoms. The number of phosphoric ester groups is 1. The third-order valence-electron chi connectivity index (χ3n) is 1.74. The van der Waals surface area contributed by atoms with Gasteiger partial charge in [0.1, 0.15) is 18.3 Å². The maximum atomic E-state index is 10.3. The zero-order valence-electron chi connectivity index (χ0n) is 6.92. The van der Waals surface area contributed by atoms with Crippen LogP contribution in [-0.4, -0.2) is 56.3 Å². The van der Waals surface area contributed by atoms with Crippen molar-refractivity contribution in [3.05, 3.63) is 0 Å². The highest BCUT2D eigenvalue weighted by Gasteiger charge is 2.42. The Balaban J connectivity index is 2.44. The van der Waals surface area contributed by atoms with E-state index in [0.717, 1.165) is 0 Å². The second kappa shape index (κ2) is 4.21. The number of aliphatic hydroxyl groups excluding tert-OH is 3. The van der Waals surface area contributed by atoms with E-state index >= 15 is 0 Å². The van der Waals surface area contributed by atoms with Crippen LogP contribution in [0.4, 0.5) is 0 Å². The van der Waals surface area contributed by atoms with Gasteiger partial charge in [-0.05, 0) is 0 Å². The zero-order chi connectivity index (χ0) is 10.9. The first-order valence-electron chi connectivity index (χ1n) is 3.71. The molecule has 0 aromatic carbocycles. The maximum absolute atomic E-state index is 10.3. The van der Waals surface area contributed by atoms with Gasteiger partial charge in [0.15, 0.2) is 6.29 Å². The van der Waals surface area contributed by atoms with E-state index in [0.29, 0.717) is 0 Å². The smallest absolute Gasteiger partial charge is 0.387 e. The summed E-state index contributed by atoms with van der Waals surface area (Å²) in [6.45, 7) is -0.612. The van der Waals surface area contributed by atoms with Crippen LogP contribution < -0.4 is 0 Å². The Kier molecular flexibility index (Phi) is 3.62. The van der Waals surface area contributed by atoms with Crippen LogP contribution in [0.5, 0.6) is 0 Å². The first-order valence-corrected chi connectivity index (χ1v) is 5.24. The van der Waals surface area contributed by atoms with Crippen molar-refractivity contribution >= 4 is 7.82 Å². The summed E-state index contributed by atoms with van der Waals surface area (Å²) >= 11 is 0. The topological polar surface area (TPSA) is 137 Å². The van der Waals surface area contributed by atoms with Crippen LogP contribution in [-0.2, 0) is 13.8 Å². The van der Waals surface area contributed by atoms with E-state index in [9.17, 15) is 4.57 Å². The summed E-state index contributed by atoms with van der Waals surface area (Å²) in [5.74, 6) is 0. The third kappa shape index (κ3) is 2.97. The molecule has 0 spiro atoms. The van der Waals surface area contributed by atoms with Crippen molar-refractivity contribution in [2.75, 3.05) is 6.61 Å². The van der Waals surface area contributed by atoms with Crippen molar-refractivity contribution in [1.82, 2.24) is 0 Å². The average Bonchev–Trinajstić information content (AvgIpc) is 2.28. The van der Waals surface area contributed by atoms with Crippen LogP contribution in [0.2, 0.25) is 0 Å². The Bertz CT molecular complexity index is 238. The van der Waals surface area contributed by atoms with Crippen LogP contribution in [0.15, 0.2) is 0 Å². The highest BCUT2D eigenvalue weighted by Crippen LogP contribution is 2.36. The normalized spacial score (nSPS) is 38.9. The van der Waals surface area contributed by atoms with Gasteiger partial charge < -0.3 is 29.8 Å². The van der Waals surface area contributed by atoms with Gasteiger partial charge in [0, 0.05) is 0 Å². The van der Waals surface area contributed by atoms with Crippen molar-refractivity contribution in [3.8, 4) is 0 Å². The van der Waals surface area contributed by atoms with Crippen LogP contribution in [0.3, 0.4) is 0 Å². The van der Waals surface area contributed by atoms with Crippen LogP contribution in [0.1, 0.15) is 0 Å². The molecule has 4 atom stereocenters. The summed E-state index contributed by atoms with van der Waals surface area (Å²) < 4.78 is 18.9. The first kappa shape index (κ1) is 12.0. The third-order valence-corrected chi connectivity index (χ3v) is 2.23. The van der Waals surface area contributed by atoms with Gasteiger partial charge in [-0.3, -0.25) is 4.52 Å². The quantitative estimate of drug-likeness (QED) is 0.336. The monoisotopic (exact) mass is 230 g/mol. The Morgan fingerprint density at radius 1 is 1.21 bits per heavy atom. The molecule has 9 heteroatoms. The second-order valence-corrected chi connectivity index (χ2v) is 4.07. The van der Waals surface area contributed by atoms with Gasteiger partial charge in [-0.25, -0.2) is 4.57 Å². The van der Waals surface area contributed by atoms with Crippen LogP contribution in [0.25, 0.3) is 0 Å². The van der Waals surface area contributed by atoms with Gasteiger partial charge >= 0.3 is 7.82 Å². The van der Waals surface area contributed by atoms with Gasteiger partial charge in [0.25, 0.3) is 0 Å². The number of ether oxygens (including phenoxy) is 1. The molecule has 84 valence electrons. The molecule has 1 aliphatic heterocycles. The Labute approximate surface area is 78.9 Å². The highest BCUT2D eigenvalue weighted by atomic mass is 31.2. The van der Waals surface area contributed by atoms with Crippen molar-refractivity contribution in [2.45, 2.75) is 24.6 Å². The first-order chi connectivity index (χ1) is 6.31. The molecular weight excluding hydrogens is 219 g/mol. The highest BCUT2D eigenvalue weighted by molar-refractivity contribution is 7.46. The molecule has 0 unspecified atom stereocenters. The molecule has 1 rings (SSSR count). The minimum atomic E-state index is -4.64. The molecule has 0 aromatic rings. The molecule has 8 nitrogen and oxygen atoms in total. The fourth-order valence-electron chi connectivity index (χ4n) is 1.04. The molecule has 1 heterocycles. The lowest BCUT2D eigenvalue weighted by Gasteiger charge is -2.14. The molecule has 0 amide bonds. The van der Waals surface area contributed by atoms with Crippen LogP contribution >= 0.6 is 7.82 Å². The summed E-state index contributed by atoms with van der Waals surface area (Å²) in [5, 5.41) is 27.0. The van der Waals surface area contributed by atoms with Crippen molar-refractivity contribution in [2.24, 2.45) is 0 Å². The summed E-state index contributed by atoms with van der Waals surface area (Å²) in [6, 6.07) is 0. The predicted octanol–water partition coefficient (Wildman–Crippen LogP) is -2.47. The molecule has 0 aromatic heterocycles. The minimum absolute atomic E-state index is 0.612. The average molecular weight is 230 g/mol. The SMILES string of the molecule is O=P(O)(O)OC[C@@H]1O[C@H](O)[C@@H](O)[C@H]1O. The van der Waals surface area contributed by atoms with E-state index < -0.39 is 39.0 Å². The molecule has 1 fully saturated rings. The number of aliphatic hydroxyl groups is 3. The lowest BCUT2D eigenvalue weighted by Crippen LogP contribution is -2.34. The van der Waals surface area contributed by atoms with E-state index in [4.69, 9.17) is 25.1 Å². The number of phosphoric acid groups is 1. The maximum Gasteiger partial charge on any atom is 0.469 e. The minimum Gasteiger partial charge on any atom is -0.387 e. The summed E-state index contributed by atoms with van der Waals surface area (Å²) in [4.78, 5) is 16.6. The standard InChI is InChI=1S/C5H11O8P/c6-3-2(1-12-14(9,10)11)13-5(8)4(3)7/h2-8H,1H2,(H2,9,10,11)/t2-,3-,4-,5-/m0/s1. The predicted molar refractivity (Wildman–Crippen MR) is 40.9 cm³/mol. The van der Waals surface area contributed by atoms with E-state index in [2.05, 4.69) is 9.26 Å². The number of hydrogen-bond donors (Lipinski definition) is 5. The van der Waals surface area contributed by atoms with Crippen molar-refractivity contribution in [1.29, 1.82) is 0 Å². The van der Waals surface area contributed by atoms with Crippen molar-refractivity contribution in [3.63, 3.8) is 0 Å². The lowest BCUT2D eigenvalue weighted by molar-refractivity contribution is -0.132. The van der Waals surface area contributed by atoms with Gasteiger partial charge in [-0.15, -0.1) is 0 Å². The number of hydrogen-bond acceptors (Lipinski definition) is 6. The van der Waals surface area contributed by atoms with E-state index in [1.165, 1.54) is 0 Å². The summed E-state index contributed by atoms with van der Waals surface area (Å²) in [5.41, 5.74) is 0. The van der Waals surface area contributed by atoms with E-state index in [-0.39, 0.29) is 0 Å². The Morgan fingerprint density at radius 3 is 2.14 bits per heavy atom. The lowest BCUT2D eigenvalue weighted by atomic mass is 10.1. The van der Waals surface area contributed by atoms with Gasteiger partial charge in [-0.2, -0.15) is 0 Å². The largest absolute Gasteiger partial charge is 0.469 e. The molecule has 1 saturated heterocycles. The van der Waals surface area contributed by atoms with Crippen LogP contribution in [0, 0.1) is 0 Å². The van der Waals surface area contributed by atoms with E-state index in [1.807, 2.05) is 0 Å². The summed E-state index contributed by atoms with van der Waals surface area (Å²) in [6.07, 6.45) is -5.67. The molecule has 0 aliphatic carbocycles. The fraction of sp³-hybridized carbons (Fsp3) is 1.00. The molecule has 0 saturated carbocycles. The number of rotatable bonds is 3. The molecular formula is C5H11O8P. The fourth-order valence-corrected chi connectivity index (χ4v) is 1.38. The Hall–Kier alpha value is -0.0500. The van der Waals surface area contributed by atoms with Crippen molar-refractivity contribution < 1.29 is 38.9 Å². The van der Waals surface area contributed by atoms with Gasteiger partial charge in [0.05, 0.1) is 6.61 Å². The van der Waals surface area contributed by atoms with Gasteiger partial charge in [-0.1, -0.05) is 0 Å². The van der Waals surface area contributed by atoms with Gasteiger partial charge in [0.2, 0.25) is 0 Å². The molecule has 1 aliphatic rings. The zero-order valence-corrected chi connectivity index (χ0v) is 7.82. The van der Waals surface area contributed by atoms with E-state index in [1.54, 1.807) is 0 Å². The Morgan fingerprint density at radius 2 is 1.79 bits per heavy atom. The molecule has 5 N–H and O–H groups in total. The second-order valence-electron chi connectivity index (χ2n) is 2.83.